The Hall–Kier alpha value is -0.300. The lowest BCUT2D eigenvalue weighted by atomic mass is 10.5. The minimum atomic E-state index is 1.08. The predicted octanol–water partition coefficient (Wildman–Crippen LogP) is 2.54. The quantitative estimate of drug-likeness (QED) is 0.549. The summed E-state index contributed by atoms with van der Waals surface area (Å²) in [6.45, 7) is 10.4. The molecular formula is C9H21N. The monoisotopic (exact) mass is 143 g/mol. The maximum atomic E-state index is 2.25. The van der Waals surface area contributed by atoms with Crippen LogP contribution in [-0.4, -0.2) is 25.0 Å². The molecule has 0 aromatic heterocycles. The second-order valence-corrected chi connectivity index (χ2v) is 1.92. The second-order valence-electron chi connectivity index (χ2n) is 1.92. The lowest BCUT2D eigenvalue weighted by molar-refractivity contribution is 0.392. The molecule has 0 aliphatic heterocycles. The summed E-state index contributed by atoms with van der Waals surface area (Å²) in [6.07, 6.45) is 4.23. The fraction of sp³-hybridized carbons (Fsp3) is 0.778. The Morgan fingerprint density at radius 3 is 2.10 bits per heavy atom. The molecule has 10 heavy (non-hydrogen) atoms. The summed E-state index contributed by atoms with van der Waals surface area (Å²) >= 11 is 0. The number of allylic oxidation sites excluding steroid dienone is 1. The van der Waals surface area contributed by atoms with Crippen LogP contribution in [-0.2, 0) is 0 Å². The molecule has 0 radical (unpaired) electrons. The summed E-state index contributed by atoms with van der Waals surface area (Å²) in [5, 5.41) is 0. The van der Waals surface area contributed by atoms with Crippen LogP contribution in [0.3, 0.4) is 0 Å². The Bertz CT molecular complexity index is 67.1. The van der Waals surface area contributed by atoms with Gasteiger partial charge in [-0.05, 0) is 20.5 Å². The van der Waals surface area contributed by atoms with Crippen molar-refractivity contribution in [1.82, 2.24) is 4.90 Å². The molecule has 0 heterocycles. The van der Waals surface area contributed by atoms with E-state index in [2.05, 4.69) is 31.0 Å². The standard InChI is InChI=1S/C7H15N.C2H6/c1-4-6-7-8(3)5-2;1-2/h4,6H,5,7H2,1-3H3;1-2H3/b6-4-;. The van der Waals surface area contributed by atoms with E-state index in [9.17, 15) is 0 Å². The van der Waals surface area contributed by atoms with Crippen molar-refractivity contribution in [2.45, 2.75) is 27.7 Å². The maximum Gasteiger partial charge on any atom is 0.0159 e. The van der Waals surface area contributed by atoms with Crippen molar-refractivity contribution in [3.63, 3.8) is 0 Å². The van der Waals surface area contributed by atoms with Gasteiger partial charge >= 0.3 is 0 Å². The van der Waals surface area contributed by atoms with Gasteiger partial charge in [0.05, 0.1) is 0 Å². The Balaban J connectivity index is 0. The van der Waals surface area contributed by atoms with Crippen molar-refractivity contribution in [3.05, 3.63) is 12.2 Å². The lowest BCUT2D eigenvalue weighted by Gasteiger charge is -2.08. The molecule has 0 amide bonds. The molecule has 0 atom stereocenters. The van der Waals surface area contributed by atoms with E-state index >= 15 is 0 Å². The fourth-order valence-electron chi connectivity index (χ4n) is 0.414. The van der Waals surface area contributed by atoms with E-state index in [4.69, 9.17) is 0 Å². The molecule has 0 N–H and O–H groups in total. The molecule has 0 spiro atoms. The highest BCUT2D eigenvalue weighted by molar-refractivity contribution is 4.79. The smallest absolute Gasteiger partial charge is 0.0159 e. The van der Waals surface area contributed by atoms with E-state index in [0.29, 0.717) is 0 Å². The zero-order chi connectivity index (χ0) is 8.41. The van der Waals surface area contributed by atoms with Crippen LogP contribution >= 0.6 is 0 Å². The zero-order valence-corrected chi connectivity index (χ0v) is 8.02. The van der Waals surface area contributed by atoms with Gasteiger partial charge in [-0.25, -0.2) is 0 Å². The summed E-state index contributed by atoms with van der Waals surface area (Å²) in [7, 11) is 2.11. The van der Waals surface area contributed by atoms with Crippen molar-refractivity contribution in [2.75, 3.05) is 20.1 Å². The van der Waals surface area contributed by atoms with Gasteiger partial charge in [-0.2, -0.15) is 0 Å². The molecule has 0 fully saturated rings. The van der Waals surface area contributed by atoms with E-state index in [-0.39, 0.29) is 0 Å². The van der Waals surface area contributed by atoms with E-state index in [1.807, 2.05) is 20.8 Å². The van der Waals surface area contributed by atoms with E-state index in [0.717, 1.165) is 13.1 Å². The molecule has 0 saturated heterocycles. The highest BCUT2D eigenvalue weighted by Crippen LogP contribution is 1.80. The first kappa shape index (κ1) is 12.4. The van der Waals surface area contributed by atoms with Crippen LogP contribution in [0.15, 0.2) is 12.2 Å². The number of hydrogen-bond acceptors (Lipinski definition) is 1. The topological polar surface area (TPSA) is 3.24 Å². The van der Waals surface area contributed by atoms with Crippen LogP contribution in [0.5, 0.6) is 0 Å². The largest absolute Gasteiger partial charge is 0.303 e. The van der Waals surface area contributed by atoms with Crippen molar-refractivity contribution in [3.8, 4) is 0 Å². The molecule has 0 aliphatic rings. The molecule has 0 saturated carbocycles. The van der Waals surface area contributed by atoms with Gasteiger partial charge < -0.3 is 4.90 Å². The summed E-state index contributed by atoms with van der Waals surface area (Å²) in [6, 6.07) is 0. The van der Waals surface area contributed by atoms with Crippen LogP contribution in [0.1, 0.15) is 27.7 Å². The number of nitrogens with zero attached hydrogens (tertiary/aromatic N) is 1. The normalized spacial score (nSPS) is 9.80. The van der Waals surface area contributed by atoms with Crippen LogP contribution < -0.4 is 0 Å². The predicted molar refractivity (Wildman–Crippen MR) is 49.3 cm³/mol. The summed E-state index contributed by atoms with van der Waals surface area (Å²) in [5.74, 6) is 0. The second kappa shape index (κ2) is 11.5. The molecule has 0 rings (SSSR count). The summed E-state index contributed by atoms with van der Waals surface area (Å²) in [4.78, 5) is 2.25. The first-order chi connectivity index (χ1) is 4.81. The minimum Gasteiger partial charge on any atom is -0.303 e. The molecule has 0 aromatic rings. The molecule has 0 aliphatic carbocycles. The number of likely N-dealkylation sites (N-methyl/N-ethyl adjacent to an activating group) is 1. The lowest BCUT2D eigenvalue weighted by Crippen LogP contribution is -2.16. The Morgan fingerprint density at radius 2 is 1.80 bits per heavy atom. The van der Waals surface area contributed by atoms with Crippen LogP contribution in [0.25, 0.3) is 0 Å². The number of hydrogen-bond donors (Lipinski definition) is 0. The first-order valence-electron chi connectivity index (χ1n) is 4.11. The van der Waals surface area contributed by atoms with Gasteiger partial charge in [0.25, 0.3) is 0 Å². The van der Waals surface area contributed by atoms with Gasteiger partial charge in [0, 0.05) is 6.54 Å². The Kier molecular flexibility index (Phi) is 14.2. The molecule has 0 bridgehead atoms. The van der Waals surface area contributed by atoms with Crippen molar-refractivity contribution < 1.29 is 0 Å². The molecule has 1 heteroatoms. The molecule has 62 valence electrons. The maximum absolute atomic E-state index is 2.25. The average molecular weight is 143 g/mol. The molecule has 0 aromatic carbocycles. The Labute approximate surface area is 65.7 Å². The number of rotatable bonds is 3. The van der Waals surface area contributed by atoms with Gasteiger partial charge in [-0.15, -0.1) is 0 Å². The van der Waals surface area contributed by atoms with Gasteiger partial charge in [-0.3, -0.25) is 0 Å². The van der Waals surface area contributed by atoms with Gasteiger partial charge in [-0.1, -0.05) is 32.9 Å². The van der Waals surface area contributed by atoms with Crippen LogP contribution in [0.4, 0.5) is 0 Å². The van der Waals surface area contributed by atoms with E-state index in [1.165, 1.54) is 0 Å². The van der Waals surface area contributed by atoms with E-state index in [1.54, 1.807) is 0 Å². The zero-order valence-electron chi connectivity index (χ0n) is 8.02. The third-order valence-electron chi connectivity index (χ3n) is 1.19. The average Bonchev–Trinajstić information content (AvgIpc) is 2.04. The third-order valence-corrected chi connectivity index (χ3v) is 1.19. The van der Waals surface area contributed by atoms with Crippen LogP contribution in [0, 0.1) is 0 Å². The highest BCUT2D eigenvalue weighted by Gasteiger charge is 1.84. The summed E-state index contributed by atoms with van der Waals surface area (Å²) in [5.41, 5.74) is 0. The molecular weight excluding hydrogens is 122 g/mol. The molecule has 1 nitrogen and oxygen atoms in total. The van der Waals surface area contributed by atoms with Crippen molar-refractivity contribution in [2.24, 2.45) is 0 Å². The minimum absolute atomic E-state index is 1.08. The van der Waals surface area contributed by atoms with Gasteiger partial charge in [0.15, 0.2) is 0 Å². The fourth-order valence-corrected chi connectivity index (χ4v) is 0.414. The van der Waals surface area contributed by atoms with Crippen LogP contribution in [0.2, 0.25) is 0 Å². The SMILES string of the molecule is C/C=C\CN(C)CC.CC. The van der Waals surface area contributed by atoms with E-state index < -0.39 is 0 Å². The van der Waals surface area contributed by atoms with Crippen molar-refractivity contribution >= 4 is 0 Å². The Morgan fingerprint density at radius 1 is 1.30 bits per heavy atom. The summed E-state index contributed by atoms with van der Waals surface area (Å²) < 4.78 is 0. The highest BCUT2D eigenvalue weighted by atomic mass is 15.1. The van der Waals surface area contributed by atoms with Gasteiger partial charge in [0.2, 0.25) is 0 Å². The molecule has 0 unspecified atom stereocenters. The third kappa shape index (κ3) is 10.6. The van der Waals surface area contributed by atoms with Crippen molar-refractivity contribution in [1.29, 1.82) is 0 Å². The van der Waals surface area contributed by atoms with Gasteiger partial charge in [0.1, 0.15) is 0 Å². The first-order valence-corrected chi connectivity index (χ1v) is 4.11.